The fraction of sp³-hybridized carbons (Fsp3) is 0.421. The molecule has 2 heterocycles. The van der Waals surface area contributed by atoms with Gasteiger partial charge in [-0.3, -0.25) is 14.9 Å². The van der Waals surface area contributed by atoms with Crippen molar-refractivity contribution in [3.63, 3.8) is 0 Å². The summed E-state index contributed by atoms with van der Waals surface area (Å²) in [6.45, 7) is 2.60. The number of esters is 1. The number of rotatable bonds is 6. The van der Waals surface area contributed by atoms with Gasteiger partial charge >= 0.3 is 17.8 Å². The van der Waals surface area contributed by atoms with Gasteiger partial charge in [0.05, 0.1) is 33.7 Å². The van der Waals surface area contributed by atoms with Gasteiger partial charge < -0.3 is 15.0 Å². The van der Waals surface area contributed by atoms with Crippen LogP contribution in [0.5, 0.6) is 0 Å². The van der Waals surface area contributed by atoms with Gasteiger partial charge in [-0.1, -0.05) is 11.6 Å². The molecule has 1 fully saturated rings. The van der Waals surface area contributed by atoms with Gasteiger partial charge in [0.15, 0.2) is 0 Å². The first kappa shape index (κ1) is 23.5. The predicted octanol–water partition coefficient (Wildman–Crippen LogP) is 4.58. The maximum absolute atomic E-state index is 13.0. The minimum atomic E-state index is -4.62. The number of hydrogen-bond acceptors (Lipinski definition) is 8. The molecule has 32 heavy (non-hydrogen) atoms. The van der Waals surface area contributed by atoms with Gasteiger partial charge in [-0.05, 0) is 38.0 Å². The Labute approximate surface area is 185 Å². The lowest BCUT2D eigenvalue weighted by Gasteiger charge is -2.31. The molecule has 0 radical (unpaired) electrons. The average molecular weight is 474 g/mol. The van der Waals surface area contributed by atoms with E-state index in [9.17, 15) is 28.1 Å². The highest BCUT2D eigenvalue weighted by atomic mass is 35.5. The first-order valence-electron chi connectivity index (χ1n) is 9.66. The molecule has 1 aromatic carbocycles. The van der Waals surface area contributed by atoms with E-state index in [1.54, 1.807) is 11.8 Å². The van der Waals surface area contributed by atoms with E-state index in [1.807, 2.05) is 0 Å². The molecule has 13 heteroatoms. The number of ether oxygens (including phenoxy) is 1. The van der Waals surface area contributed by atoms with Crippen LogP contribution in [0, 0.1) is 16.0 Å². The predicted molar refractivity (Wildman–Crippen MR) is 110 cm³/mol. The van der Waals surface area contributed by atoms with Gasteiger partial charge in [-0.15, -0.1) is 0 Å². The van der Waals surface area contributed by atoms with Crippen LogP contribution in [-0.2, 0) is 15.7 Å². The zero-order chi connectivity index (χ0) is 23.5. The Bertz CT molecular complexity index is 1010. The number of piperidine rings is 1. The number of carbonyl (C=O) groups is 1. The topological polar surface area (TPSA) is 110 Å². The van der Waals surface area contributed by atoms with E-state index in [0.29, 0.717) is 25.9 Å². The molecular weight excluding hydrogens is 455 g/mol. The Morgan fingerprint density at radius 2 is 2.03 bits per heavy atom. The molecule has 0 atom stereocenters. The number of carbonyl (C=O) groups excluding carboxylic acids is 1. The van der Waals surface area contributed by atoms with Crippen LogP contribution in [0.4, 0.5) is 36.2 Å². The maximum Gasteiger partial charge on any atom is 0.416 e. The average Bonchev–Trinajstić information content (AvgIpc) is 2.74. The fourth-order valence-corrected chi connectivity index (χ4v) is 3.54. The summed E-state index contributed by atoms with van der Waals surface area (Å²) in [6.07, 6.45) is -2.71. The number of benzene rings is 1. The highest BCUT2D eigenvalue weighted by molar-refractivity contribution is 6.33. The van der Waals surface area contributed by atoms with Crippen molar-refractivity contribution >= 4 is 40.6 Å². The van der Waals surface area contributed by atoms with E-state index < -0.39 is 22.4 Å². The Kier molecular flexibility index (Phi) is 7.02. The van der Waals surface area contributed by atoms with Crippen LogP contribution in [0.15, 0.2) is 24.5 Å². The fourth-order valence-electron chi connectivity index (χ4n) is 3.37. The number of halogens is 4. The first-order valence-corrected chi connectivity index (χ1v) is 10.0. The van der Waals surface area contributed by atoms with E-state index in [4.69, 9.17) is 16.3 Å². The summed E-state index contributed by atoms with van der Waals surface area (Å²) in [4.78, 5) is 32.5. The molecule has 172 valence electrons. The van der Waals surface area contributed by atoms with Crippen molar-refractivity contribution in [1.82, 2.24) is 9.97 Å². The van der Waals surface area contributed by atoms with Crippen LogP contribution >= 0.6 is 11.6 Å². The van der Waals surface area contributed by atoms with E-state index >= 15 is 0 Å². The Hall–Kier alpha value is -3.15. The third kappa shape index (κ3) is 5.18. The number of alkyl halides is 3. The maximum atomic E-state index is 13.0. The molecule has 1 saturated heterocycles. The molecule has 1 aromatic heterocycles. The van der Waals surface area contributed by atoms with Crippen molar-refractivity contribution in [2.75, 3.05) is 29.9 Å². The van der Waals surface area contributed by atoms with Gasteiger partial charge in [0.2, 0.25) is 11.6 Å². The standard InChI is InChI=1S/C19H19ClF3N5O4/c1-2-32-18(29)11-5-7-27(8-6-11)17-15(28(30)31)16(24-10-25-17)26-14-9-12(19(21,22)23)3-4-13(14)20/h3-4,9-11H,2,5-8H2,1H3,(H,24,25,26). The summed E-state index contributed by atoms with van der Waals surface area (Å²) in [6, 6.07) is 2.60. The van der Waals surface area contributed by atoms with Gasteiger partial charge in [-0.2, -0.15) is 13.2 Å². The smallest absolute Gasteiger partial charge is 0.416 e. The van der Waals surface area contributed by atoms with Crippen LogP contribution in [-0.4, -0.2) is 40.6 Å². The SMILES string of the molecule is CCOC(=O)C1CCN(c2ncnc(Nc3cc(C(F)(F)F)ccc3Cl)c2[N+](=O)[O-])CC1. The van der Waals surface area contributed by atoms with Crippen LogP contribution in [0.1, 0.15) is 25.3 Å². The summed E-state index contributed by atoms with van der Waals surface area (Å²) in [7, 11) is 0. The van der Waals surface area contributed by atoms with Gasteiger partial charge in [0.25, 0.3) is 0 Å². The van der Waals surface area contributed by atoms with Crippen LogP contribution in [0.3, 0.4) is 0 Å². The largest absolute Gasteiger partial charge is 0.466 e. The molecule has 0 amide bonds. The molecule has 0 saturated carbocycles. The van der Waals surface area contributed by atoms with E-state index in [2.05, 4.69) is 15.3 Å². The number of nitrogens with one attached hydrogen (secondary N) is 1. The molecule has 2 aromatic rings. The highest BCUT2D eigenvalue weighted by Crippen LogP contribution is 2.39. The summed E-state index contributed by atoms with van der Waals surface area (Å²) in [5.41, 5.74) is -1.66. The van der Waals surface area contributed by atoms with Gasteiger partial charge in [0.1, 0.15) is 6.33 Å². The summed E-state index contributed by atoms with van der Waals surface area (Å²) in [5, 5.41) is 14.3. The molecule has 1 aliphatic heterocycles. The third-order valence-corrected chi connectivity index (χ3v) is 5.28. The molecular formula is C19H19ClF3N5O4. The number of nitrogens with zero attached hydrogens (tertiary/aromatic N) is 4. The second-order valence-corrected chi connectivity index (χ2v) is 7.39. The number of nitro groups is 1. The zero-order valence-corrected chi connectivity index (χ0v) is 17.6. The summed E-state index contributed by atoms with van der Waals surface area (Å²) in [5.74, 6) is -0.925. The summed E-state index contributed by atoms with van der Waals surface area (Å²) >= 11 is 5.99. The number of anilines is 3. The van der Waals surface area contributed by atoms with Crippen molar-refractivity contribution in [2.45, 2.75) is 25.9 Å². The number of hydrogen-bond donors (Lipinski definition) is 1. The summed E-state index contributed by atoms with van der Waals surface area (Å²) < 4.78 is 44.2. The first-order chi connectivity index (χ1) is 15.1. The molecule has 0 bridgehead atoms. The normalized spacial score (nSPS) is 14.8. The lowest BCUT2D eigenvalue weighted by atomic mass is 9.97. The Balaban J connectivity index is 1.89. The van der Waals surface area contributed by atoms with Crippen molar-refractivity contribution in [2.24, 2.45) is 5.92 Å². The lowest BCUT2D eigenvalue weighted by molar-refractivity contribution is -0.383. The minimum absolute atomic E-state index is 0.00194. The molecule has 0 aliphatic carbocycles. The third-order valence-electron chi connectivity index (χ3n) is 4.95. The lowest BCUT2D eigenvalue weighted by Crippen LogP contribution is -2.37. The monoisotopic (exact) mass is 473 g/mol. The van der Waals surface area contributed by atoms with E-state index in [-0.39, 0.29) is 40.8 Å². The molecule has 1 N–H and O–H groups in total. The van der Waals surface area contributed by atoms with Gasteiger partial charge in [-0.25, -0.2) is 9.97 Å². The van der Waals surface area contributed by atoms with Gasteiger partial charge in [0, 0.05) is 13.1 Å². The van der Waals surface area contributed by atoms with E-state index in [1.165, 1.54) is 0 Å². The van der Waals surface area contributed by atoms with Crippen LogP contribution in [0.25, 0.3) is 0 Å². The van der Waals surface area contributed by atoms with E-state index in [0.717, 1.165) is 24.5 Å². The molecule has 0 unspecified atom stereocenters. The van der Waals surface area contributed by atoms with Crippen LogP contribution < -0.4 is 10.2 Å². The van der Waals surface area contributed by atoms with Crippen LogP contribution in [0.2, 0.25) is 5.02 Å². The molecule has 9 nitrogen and oxygen atoms in total. The highest BCUT2D eigenvalue weighted by Gasteiger charge is 2.34. The second-order valence-electron chi connectivity index (χ2n) is 6.98. The Morgan fingerprint density at radius 3 is 2.62 bits per heavy atom. The van der Waals surface area contributed by atoms with Crippen molar-refractivity contribution in [1.29, 1.82) is 0 Å². The second kappa shape index (κ2) is 9.55. The molecule has 1 aliphatic rings. The minimum Gasteiger partial charge on any atom is -0.466 e. The molecule has 0 spiro atoms. The Morgan fingerprint density at radius 1 is 1.34 bits per heavy atom. The molecule has 3 rings (SSSR count). The van der Waals surface area contributed by atoms with Crippen molar-refractivity contribution in [3.05, 3.63) is 45.2 Å². The number of aromatic nitrogens is 2. The zero-order valence-electron chi connectivity index (χ0n) is 16.9. The van der Waals surface area contributed by atoms with Crippen molar-refractivity contribution in [3.8, 4) is 0 Å². The quantitative estimate of drug-likeness (QED) is 0.369. The van der Waals surface area contributed by atoms with Crippen molar-refractivity contribution < 1.29 is 27.6 Å².